The number of anilines is 1. The summed E-state index contributed by atoms with van der Waals surface area (Å²) in [6.07, 6.45) is 1.03. The number of halogens is 2. The lowest BCUT2D eigenvalue weighted by atomic mass is 10.1. The SMILES string of the molecule is CCCNC(=O)[C@H](CC)N(Cc1ccc(Cl)cc1Cl)C(=O)CN(c1ccc(OC)cc1)S(=O)(=O)c1ccc(C)cc1. The maximum absolute atomic E-state index is 14.1. The van der Waals surface area contributed by atoms with Crippen LogP contribution in [0, 0.1) is 6.92 Å². The van der Waals surface area contributed by atoms with Crippen LogP contribution >= 0.6 is 23.2 Å². The van der Waals surface area contributed by atoms with Gasteiger partial charge in [0.1, 0.15) is 18.3 Å². The smallest absolute Gasteiger partial charge is 0.264 e. The zero-order valence-electron chi connectivity index (χ0n) is 23.6. The molecule has 0 aliphatic rings. The molecule has 11 heteroatoms. The van der Waals surface area contributed by atoms with Gasteiger partial charge in [0.25, 0.3) is 10.0 Å². The Bertz CT molecular complexity index is 1450. The number of sulfonamides is 1. The maximum Gasteiger partial charge on any atom is 0.264 e. The molecule has 0 aromatic heterocycles. The molecule has 3 aromatic carbocycles. The summed E-state index contributed by atoms with van der Waals surface area (Å²) < 4.78 is 34.1. The van der Waals surface area contributed by atoms with Crippen LogP contribution in [0.4, 0.5) is 5.69 Å². The second-order valence-corrected chi connectivity index (χ2v) is 12.2. The lowest BCUT2D eigenvalue weighted by molar-refractivity contribution is -0.140. The van der Waals surface area contributed by atoms with Gasteiger partial charge in [-0.05, 0) is 73.9 Å². The number of ether oxygens (including phenoxy) is 1. The van der Waals surface area contributed by atoms with Crippen LogP contribution in [0.2, 0.25) is 10.0 Å². The van der Waals surface area contributed by atoms with Gasteiger partial charge >= 0.3 is 0 Å². The summed E-state index contributed by atoms with van der Waals surface area (Å²) in [4.78, 5) is 28.7. The van der Waals surface area contributed by atoms with Crippen molar-refractivity contribution in [1.29, 1.82) is 0 Å². The van der Waals surface area contributed by atoms with Crippen molar-refractivity contribution < 1.29 is 22.7 Å². The quantitative estimate of drug-likeness (QED) is 0.259. The highest BCUT2D eigenvalue weighted by molar-refractivity contribution is 7.92. The Morgan fingerprint density at radius 1 is 0.976 bits per heavy atom. The average Bonchev–Trinajstić information content (AvgIpc) is 2.95. The number of hydrogen-bond acceptors (Lipinski definition) is 5. The number of carbonyl (C=O) groups excluding carboxylic acids is 2. The van der Waals surface area contributed by atoms with E-state index in [1.807, 2.05) is 13.8 Å². The number of amides is 2. The number of nitrogens with one attached hydrogen (secondary N) is 1. The van der Waals surface area contributed by atoms with Gasteiger partial charge in [-0.1, -0.05) is 60.8 Å². The van der Waals surface area contributed by atoms with Gasteiger partial charge in [-0.2, -0.15) is 0 Å². The Hall–Kier alpha value is -3.27. The second-order valence-electron chi connectivity index (χ2n) is 9.50. The molecule has 2 amide bonds. The number of hydrogen-bond donors (Lipinski definition) is 1. The monoisotopic (exact) mass is 619 g/mol. The number of benzene rings is 3. The molecule has 41 heavy (non-hydrogen) atoms. The highest BCUT2D eigenvalue weighted by atomic mass is 35.5. The summed E-state index contributed by atoms with van der Waals surface area (Å²) in [5.74, 6) is -0.364. The number of rotatable bonds is 13. The van der Waals surface area contributed by atoms with Gasteiger partial charge in [0.05, 0.1) is 17.7 Å². The third-order valence-electron chi connectivity index (χ3n) is 6.54. The molecule has 0 radical (unpaired) electrons. The Morgan fingerprint density at radius 3 is 2.20 bits per heavy atom. The molecule has 0 aliphatic carbocycles. The van der Waals surface area contributed by atoms with Gasteiger partial charge < -0.3 is 15.0 Å². The summed E-state index contributed by atoms with van der Waals surface area (Å²) >= 11 is 12.5. The van der Waals surface area contributed by atoms with Crippen molar-refractivity contribution >= 4 is 50.7 Å². The number of aryl methyl sites for hydroxylation is 1. The van der Waals surface area contributed by atoms with Crippen LogP contribution in [-0.2, 0) is 26.2 Å². The van der Waals surface area contributed by atoms with Gasteiger partial charge in [-0.25, -0.2) is 8.42 Å². The van der Waals surface area contributed by atoms with Gasteiger partial charge in [0.2, 0.25) is 11.8 Å². The fourth-order valence-electron chi connectivity index (χ4n) is 4.23. The van der Waals surface area contributed by atoms with E-state index in [1.54, 1.807) is 61.5 Å². The molecular weight excluding hydrogens is 585 g/mol. The van der Waals surface area contributed by atoms with Crippen molar-refractivity contribution in [2.45, 2.75) is 51.1 Å². The molecule has 0 saturated carbocycles. The van der Waals surface area contributed by atoms with Crippen LogP contribution in [0.5, 0.6) is 5.75 Å². The van der Waals surface area contributed by atoms with E-state index in [1.165, 1.54) is 24.1 Å². The molecule has 0 unspecified atom stereocenters. The molecule has 220 valence electrons. The van der Waals surface area contributed by atoms with Gasteiger partial charge in [-0.15, -0.1) is 0 Å². The van der Waals surface area contributed by atoms with Crippen molar-refractivity contribution in [3.8, 4) is 5.75 Å². The van der Waals surface area contributed by atoms with Crippen molar-refractivity contribution in [1.82, 2.24) is 10.2 Å². The zero-order chi connectivity index (χ0) is 30.2. The van der Waals surface area contributed by atoms with Gasteiger partial charge in [-0.3, -0.25) is 13.9 Å². The largest absolute Gasteiger partial charge is 0.497 e. The third kappa shape index (κ3) is 8.15. The van der Waals surface area contributed by atoms with E-state index in [4.69, 9.17) is 27.9 Å². The lowest BCUT2D eigenvalue weighted by Crippen LogP contribution is -2.52. The molecule has 3 aromatic rings. The Kier molecular flexibility index (Phi) is 11.5. The van der Waals surface area contributed by atoms with Crippen molar-refractivity contribution in [3.63, 3.8) is 0 Å². The van der Waals surface area contributed by atoms with Crippen LogP contribution in [0.1, 0.15) is 37.8 Å². The molecule has 3 rings (SSSR count). The first-order valence-corrected chi connectivity index (χ1v) is 15.5. The maximum atomic E-state index is 14.1. The fourth-order valence-corrected chi connectivity index (χ4v) is 6.12. The molecule has 0 heterocycles. The normalized spacial score (nSPS) is 12.0. The fraction of sp³-hybridized carbons (Fsp3) is 0.333. The standard InChI is InChI=1S/C30H35Cl2N3O5S/c1-5-17-33-30(37)28(6-2)34(19-22-9-10-23(31)18-27(22)32)29(36)20-35(24-11-13-25(40-4)14-12-24)41(38,39)26-15-7-21(3)8-16-26/h7-16,18,28H,5-6,17,19-20H2,1-4H3,(H,33,37)/t28-/m0/s1. The lowest BCUT2D eigenvalue weighted by Gasteiger charge is -2.33. The highest BCUT2D eigenvalue weighted by Gasteiger charge is 2.34. The first kappa shape index (κ1) is 32.2. The van der Waals surface area contributed by atoms with E-state index in [0.29, 0.717) is 34.3 Å². The molecule has 0 bridgehead atoms. The summed E-state index contributed by atoms with van der Waals surface area (Å²) in [5.41, 5.74) is 1.74. The van der Waals surface area contributed by atoms with Crippen molar-refractivity contribution in [2.24, 2.45) is 0 Å². The summed E-state index contributed by atoms with van der Waals surface area (Å²) in [6, 6.07) is 16.8. The Labute approximate surface area is 252 Å². The van der Waals surface area contributed by atoms with Crippen LogP contribution in [0.3, 0.4) is 0 Å². The summed E-state index contributed by atoms with van der Waals surface area (Å²) in [7, 11) is -2.66. The molecule has 0 spiro atoms. The summed E-state index contributed by atoms with van der Waals surface area (Å²) in [5, 5.41) is 3.62. The van der Waals surface area contributed by atoms with Gasteiger partial charge in [0, 0.05) is 23.1 Å². The predicted molar refractivity (Wildman–Crippen MR) is 163 cm³/mol. The second kappa shape index (κ2) is 14.6. The van der Waals surface area contributed by atoms with Crippen LogP contribution in [0.25, 0.3) is 0 Å². The topological polar surface area (TPSA) is 96.0 Å². The molecule has 0 aliphatic heterocycles. The number of methoxy groups -OCH3 is 1. The molecule has 8 nitrogen and oxygen atoms in total. The first-order chi connectivity index (χ1) is 19.5. The average molecular weight is 621 g/mol. The minimum atomic E-state index is -4.17. The number of nitrogens with zero attached hydrogens (tertiary/aromatic N) is 2. The first-order valence-electron chi connectivity index (χ1n) is 13.3. The van der Waals surface area contributed by atoms with E-state index in [9.17, 15) is 18.0 Å². The molecule has 1 atom stereocenters. The Balaban J connectivity index is 2.07. The molecule has 1 N–H and O–H groups in total. The van der Waals surface area contributed by atoms with Crippen molar-refractivity contribution in [2.75, 3.05) is 24.5 Å². The van der Waals surface area contributed by atoms with Crippen LogP contribution < -0.4 is 14.4 Å². The van der Waals surface area contributed by atoms with Crippen molar-refractivity contribution in [3.05, 3.63) is 87.9 Å². The minimum Gasteiger partial charge on any atom is -0.497 e. The molecular formula is C30H35Cl2N3O5S. The van der Waals surface area contributed by atoms with E-state index >= 15 is 0 Å². The van der Waals surface area contributed by atoms with Crippen LogP contribution in [0.15, 0.2) is 71.6 Å². The zero-order valence-corrected chi connectivity index (χ0v) is 25.9. The number of carbonyl (C=O) groups is 2. The van der Waals surface area contributed by atoms with Crippen LogP contribution in [-0.4, -0.2) is 51.4 Å². The highest BCUT2D eigenvalue weighted by Crippen LogP contribution is 2.28. The summed E-state index contributed by atoms with van der Waals surface area (Å²) in [6.45, 7) is 5.46. The van der Waals surface area contributed by atoms with E-state index in [0.717, 1.165) is 16.3 Å². The van der Waals surface area contributed by atoms with E-state index in [-0.39, 0.29) is 23.0 Å². The molecule has 0 saturated heterocycles. The Morgan fingerprint density at radius 2 is 1.63 bits per heavy atom. The van der Waals surface area contributed by atoms with Gasteiger partial charge in [0.15, 0.2) is 0 Å². The third-order valence-corrected chi connectivity index (χ3v) is 8.91. The predicted octanol–water partition coefficient (Wildman–Crippen LogP) is 5.84. The minimum absolute atomic E-state index is 0.0199. The molecule has 0 fully saturated rings. The van der Waals surface area contributed by atoms with E-state index < -0.39 is 28.5 Å². The van der Waals surface area contributed by atoms with E-state index in [2.05, 4.69) is 5.32 Å².